The predicted molar refractivity (Wildman–Crippen MR) is 93.9 cm³/mol. The minimum Gasteiger partial charge on any atom is -0.355 e. The Bertz CT molecular complexity index is 775. The molecule has 0 spiro atoms. The lowest BCUT2D eigenvalue weighted by Crippen LogP contribution is -2.25. The molecule has 0 atom stereocenters. The highest BCUT2D eigenvalue weighted by atomic mass is 32.2. The molecule has 2 aromatic heterocycles. The van der Waals surface area contributed by atoms with Gasteiger partial charge in [0.05, 0.1) is 0 Å². The second kappa shape index (κ2) is 8.31. The molecule has 0 radical (unpaired) electrons. The first kappa shape index (κ1) is 16.3. The van der Waals surface area contributed by atoms with Crippen LogP contribution in [0.15, 0.2) is 70.3 Å². The molecule has 2 heterocycles. The highest BCUT2D eigenvalue weighted by molar-refractivity contribution is 7.99. The van der Waals surface area contributed by atoms with Gasteiger partial charge in [0.1, 0.15) is 0 Å². The molecule has 1 amide bonds. The summed E-state index contributed by atoms with van der Waals surface area (Å²) in [4.78, 5) is 17.3. The molecule has 5 nitrogen and oxygen atoms in total. The largest absolute Gasteiger partial charge is 0.355 e. The number of hydrogen-bond acceptors (Lipinski definition) is 5. The SMILES string of the molecule is O=C(NCCCSc1ccccc1)c1cc(-c2cccnc2)on1. The smallest absolute Gasteiger partial charge is 0.273 e. The average molecular weight is 339 g/mol. The van der Waals surface area contributed by atoms with E-state index in [4.69, 9.17) is 4.52 Å². The minimum absolute atomic E-state index is 0.224. The number of nitrogens with one attached hydrogen (secondary N) is 1. The number of aromatic nitrogens is 2. The number of pyridine rings is 1. The Morgan fingerprint density at radius 1 is 1.17 bits per heavy atom. The zero-order valence-electron chi connectivity index (χ0n) is 13.0. The van der Waals surface area contributed by atoms with Crippen LogP contribution >= 0.6 is 11.8 Å². The lowest BCUT2D eigenvalue weighted by Gasteiger charge is -2.03. The van der Waals surface area contributed by atoms with Gasteiger partial charge in [-0.1, -0.05) is 23.4 Å². The van der Waals surface area contributed by atoms with E-state index in [1.54, 1.807) is 30.2 Å². The zero-order chi connectivity index (χ0) is 16.6. The first-order chi connectivity index (χ1) is 11.8. The van der Waals surface area contributed by atoms with Gasteiger partial charge in [0.15, 0.2) is 11.5 Å². The standard InChI is InChI=1S/C18H17N3O2S/c22-18(20-10-5-11-24-15-7-2-1-3-8-15)16-12-17(23-21-16)14-6-4-9-19-13-14/h1-4,6-9,12-13H,5,10-11H2,(H,20,22). The molecule has 1 N–H and O–H groups in total. The molecular formula is C18H17N3O2S. The number of benzene rings is 1. The zero-order valence-corrected chi connectivity index (χ0v) is 13.8. The quantitative estimate of drug-likeness (QED) is 0.526. The maximum atomic E-state index is 12.1. The summed E-state index contributed by atoms with van der Waals surface area (Å²) < 4.78 is 5.20. The molecule has 3 rings (SSSR count). The Kier molecular flexibility index (Phi) is 5.63. The number of thioether (sulfide) groups is 1. The topological polar surface area (TPSA) is 68.0 Å². The second-order valence-corrected chi connectivity index (χ2v) is 6.26. The van der Waals surface area contributed by atoms with Crippen molar-refractivity contribution in [3.8, 4) is 11.3 Å². The number of carbonyl (C=O) groups is 1. The first-order valence-corrected chi connectivity index (χ1v) is 8.64. The molecule has 6 heteroatoms. The summed E-state index contributed by atoms with van der Waals surface area (Å²) in [6.45, 7) is 0.605. The summed E-state index contributed by atoms with van der Waals surface area (Å²) in [7, 11) is 0. The van der Waals surface area contributed by atoms with E-state index in [0.29, 0.717) is 12.3 Å². The third-order valence-corrected chi connectivity index (χ3v) is 4.41. The fraction of sp³-hybridized carbons (Fsp3) is 0.167. The van der Waals surface area contributed by atoms with Gasteiger partial charge in [-0.25, -0.2) is 0 Å². The van der Waals surface area contributed by atoms with Crippen molar-refractivity contribution in [1.82, 2.24) is 15.5 Å². The van der Waals surface area contributed by atoms with Crippen LogP contribution < -0.4 is 5.32 Å². The number of rotatable bonds is 7. The van der Waals surface area contributed by atoms with Gasteiger partial charge >= 0.3 is 0 Å². The second-order valence-electron chi connectivity index (χ2n) is 5.09. The number of carbonyl (C=O) groups excluding carboxylic acids is 1. The fourth-order valence-corrected chi connectivity index (χ4v) is 2.97. The first-order valence-electron chi connectivity index (χ1n) is 7.66. The van der Waals surface area contributed by atoms with E-state index in [2.05, 4.69) is 27.6 Å². The monoisotopic (exact) mass is 339 g/mol. The van der Waals surface area contributed by atoms with Crippen molar-refractivity contribution in [2.24, 2.45) is 0 Å². The molecule has 3 aromatic rings. The van der Waals surface area contributed by atoms with E-state index < -0.39 is 0 Å². The van der Waals surface area contributed by atoms with E-state index in [1.165, 1.54) is 4.90 Å². The van der Waals surface area contributed by atoms with Gasteiger partial charge in [0, 0.05) is 35.5 Å². The van der Waals surface area contributed by atoms with Crippen molar-refractivity contribution >= 4 is 17.7 Å². The summed E-state index contributed by atoms with van der Waals surface area (Å²) in [5.41, 5.74) is 1.08. The molecule has 0 aliphatic heterocycles. The Morgan fingerprint density at radius 3 is 2.83 bits per heavy atom. The molecule has 1 aromatic carbocycles. The van der Waals surface area contributed by atoms with Crippen molar-refractivity contribution < 1.29 is 9.32 Å². The van der Waals surface area contributed by atoms with Crippen LogP contribution in [0.4, 0.5) is 0 Å². The van der Waals surface area contributed by atoms with Crippen molar-refractivity contribution in [3.63, 3.8) is 0 Å². The van der Waals surface area contributed by atoms with Crippen LogP contribution in [-0.4, -0.2) is 28.3 Å². The van der Waals surface area contributed by atoms with Crippen molar-refractivity contribution in [1.29, 1.82) is 0 Å². The lowest BCUT2D eigenvalue weighted by atomic mass is 10.2. The number of hydrogen-bond donors (Lipinski definition) is 1. The number of amides is 1. The molecule has 0 fully saturated rings. The molecule has 0 unspecified atom stereocenters. The molecule has 24 heavy (non-hydrogen) atoms. The maximum Gasteiger partial charge on any atom is 0.273 e. The van der Waals surface area contributed by atoms with Crippen LogP contribution in [0.25, 0.3) is 11.3 Å². The highest BCUT2D eigenvalue weighted by Gasteiger charge is 2.13. The van der Waals surface area contributed by atoms with Gasteiger partial charge in [0.2, 0.25) is 0 Å². The summed E-state index contributed by atoms with van der Waals surface area (Å²) in [6, 6.07) is 15.5. The molecule has 122 valence electrons. The molecule has 0 aliphatic carbocycles. The normalized spacial score (nSPS) is 10.5. The van der Waals surface area contributed by atoms with Gasteiger partial charge in [-0.05, 0) is 36.4 Å². The van der Waals surface area contributed by atoms with Crippen molar-refractivity contribution in [2.75, 3.05) is 12.3 Å². The van der Waals surface area contributed by atoms with Crippen LogP contribution in [0.3, 0.4) is 0 Å². The fourth-order valence-electron chi connectivity index (χ4n) is 2.10. The van der Waals surface area contributed by atoms with Crippen molar-refractivity contribution in [2.45, 2.75) is 11.3 Å². The van der Waals surface area contributed by atoms with Gasteiger partial charge in [-0.15, -0.1) is 11.8 Å². The Morgan fingerprint density at radius 2 is 2.04 bits per heavy atom. The van der Waals surface area contributed by atoms with Crippen LogP contribution in [0.5, 0.6) is 0 Å². The van der Waals surface area contributed by atoms with Gasteiger partial charge in [-0.3, -0.25) is 9.78 Å². The third-order valence-electron chi connectivity index (χ3n) is 3.31. The van der Waals surface area contributed by atoms with Crippen LogP contribution in [0.2, 0.25) is 0 Å². The van der Waals surface area contributed by atoms with E-state index in [0.717, 1.165) is 17.7 Å². The van der Waals surface area contributed by atoms with E-state index in [9.17, 15) is 4.79 Å². The number of nitrogens with zero attached hydrogens (tertiary/aromatic N) is 2. The van der Waals surface area contributed by atoms with Crippen molar-refractivity contribution in [3.05, 3.63) is 66.6 Å². The van der Waals surface area contributed by atoms with Crippen LogP contribution in [0.1, 0.15) is 16.9 Å². The average Bonchev–Trinajstić information content (AvgIpc) is 3.13. The van der Waals surface area contributed by atoms with Gasteiger partial charge in [-0.2, -0.15) is 0 Å². The van der Waals surface area contributed by atoms with Crippen LogP contribution in [0, 0.1) is 0 Å². The predicted octanol–water partition coefficient (Wildman–Crippen LogP) is 3.65. The summed E-state index contributed by atoms with van der Waals surface area (Å²) >= 11 is 1.78. The molecule has 0 bridgehead atoms. The van der Waals surface area contributed by atoms with E-state index in [1.807, 2.05) is 30.3 Å². The van der Waals surface area contributed by atoms with Gasteiger partial charge in [0.25, 0.3) is 5.91 Å². The lowest BCUT2D eigenvalue weighted by molar-refractivity contribution is 0.0945. The highest BCUT2D eigenvalue weighted by Crippen LogP contribution is 2.19. The summed E-state index contributed by atoms with van der Waals surface area (Å²) in [5.74, 6) is 1.26. The van der Waals surface area contributed by atoms with Crippen LogP contribution in [-0.2, 0) is 0 Å². The van der Waals surface area contributed by atoms with E-state index >= 15 is 0 Å². The Labute approximate surface area is 144 Å². The summed E-state index contributed by atoms with van der Waals surface area (Å²) in [6.07, 6.45) is 4.24. The Balaban J connectivity index is 1.43. The summed E-state index contributed by atoms with van der Waals surface area (Å²) in [5, 5.41) is 6.68. The molecule has 0 saturated heterocycles. The van der Waals surface area contributed by atoms with Gasteiger partial charge < -0.3 is 9.84 Å². The molecule has 0 saturated carbocycles. The maximum absolute atomic E-state index is 12.1. The van der Waals surface area contributed by atoms with E-state index in [-0.39, 0.29) is 11.6 Å². The molecule has 0 aliphatic rings. The molecular weight excluding hydrogens is 322 g/mol. The Hall–Kier alpha value is -2.60. The third kappa shape index (κ3) is 4.45. The minimum atomic E-state index is -0.224.